The summed E-state index contributed by atoms with van der Waals surface area (Å²) < 4.78 is 12.8. The molecule has 1 heterocycles. The number of carboxylic acid groups (broad SMARTS) is 1. The Kier molecular flexibility index (Phi) is 3.84. The number of aromatic amines is 1. The largest absolute Gasteiger partial charge is 0.478 e. The standard InChI is InChI=1S/C12H14N2O4S/c1-2-19(18)7-6-14-10-8(11(15)16)4-3-5-9(10)13-12(14)17/h3-5H,2,6-7H2,1H3,(H,13,17)(H,15,16). The van der Waals surface area contributed by atoms with Gasteiger partial charge in [0, 0.05) is 28.9 Å². The Bertz CT molecular complexity index is 701. The Morgan fingerprint density at radius 3 is 2.84 bits per heavy atom. The molecular weight excluding hydrogens is 268 g/mol. The lowest BCUT2D eigenvalue weighted by Crippen LogP contribution is -2.21. The molecule has 1 aromatic carbocycles. The predicted molar refractivity (Wildman–Crippen MR) is 73.1 cm³/mol. The van der Waals surface area contributed by atoms with Crippen molar-refractivity contribution in [2.24, 2.45) is 0 Å². The quantitative estimate of drug-likeness (QED) is 0.848. The van der Waals surface area contributed by atoms with E-state index in [1.165, 1.54) is 10.6 Å². The van der Waals surface area contributed by atoms with Crippen LogP contribution in [0.15, 0.2) is 23.0 Å². The third kappa shape index (κ3) is 2.60. The van der Waals surface area contributed by atoms with E-state index in [1.54, 1.807) is 19.1 Å². The summed E-state index contributed by atoms with van der Waals surface area (Å²) in [4.78, 5) is 25.6. The molecule has 0 bridgehead atoms. The third-order valence-electron chi connectivity index (χ3n) is 2.89. The highest BCUT2D eigenvalue weighted by atomic mass is 32.2. The second-order valence-electron chi connectivity index (χ2n) is 4.02. The number of hydrogen-bond acceptors (Lipinski definition) is 3. The molecule has 0 amide bonds. The lowest BCUT2D eigenvalue weighted by molar-refractivity contribution is 0.0698. The fourth-order valence-corrected chi connectivity index (χ4v) is 2.62. The van der Waals surface area contributed by atoms with Crippen LogP contribution in [-0.4, -0.2) is 36.3 Å². The van der Waals surface area contributed by atoms with Gasteiger partial charge in [-0.2, -0.15) is 0 Å². The second kappa shape index (κ2) is 5.40. The summed E-state index contributed by atoms with van der Waals surface area (Å²) in [6.45, 7) is 2.04. The van der Waals surface area contributed by atoms with Crippen LogP contribution < -0.4 is 5.69 Å². The lowest BCUT2D eigenvalue weighted by atomic mass is 10.2. The van der Waals surface area contributed by atoms with E-state index in [0.717, 1.165) is 0 Å². The molecule has 0 saturated heterocycles. The molecular formula is C12H14N2O4S. The van der Waals surface area contributed by atoms with Crippen LogP contribution in [0.5, 0.6) is 0 Å². The van der Waals surface area contributed by atoms with Crippen LogP contribution in [-0.2, 0) is 17.3 Å². The third-order valence-corrected chi connectivity index (χ3v) is 4.17. The molecule has 0 aliphatic rings. The van der Waals surface area contributed by atoms with Crippen molar-refractivity contribution in [3.8, 4) is 0 Å². The van der Waals surface area contributed by atoms with Crippen molar-refractivity contribution in [1.82, 2.24) is 9.55 Å². The number of aromatic nitrogens is 2. The summed E-state index contributed by atoms with van der Waals surface area (Å²) in [5.74, 6) is -0.241. The number of imidazole rings is 1. The SMILES string of the molecule is CCS(=O)CCn1c(=O)[nH]c2cccc(C(=O)O)c21. The second-order valence-corrected chi connectivity index (χ2v) is 5.89. The number of benzene rings is 1. The van der Waals surface area contributed by atoms with Gasteiger partial charge >= 0.3 is 11.7 Å². The number of H-pyrrole nitrogens is 1. The van der Waals surface area contributed by atoms with E-state index in [9.17, 15) is 13.8 Å². The first-order chi connectivity index (χ1) is 9.04. The average Bonchev–Trinajstić information content (AvgIpc) is 2.71. The molecule has 19 heavy (non-hydrogen) atoms. The lowest BCUT2D eigenvalue weighted by Gasteiger charge is -2.05. The van der Waals surface area contributed by atoms with Gasteiger partial charge in [-0.3, -0.25) is 8.78 Å². The van der Waals surface area contributed by atoms with Gasteiger partial charge in [0.1, 0.15) is 0 Å². The maximum Gasteiger partial charge on any atom is 0.337 e. The molecule has 0 radical (unpaired) electrons. The zero-order valence-electron chi connectivity index (χ0n) is 10.4. The summed E-state index contributed by atoms with van der Waals surface area (Å²) in [5, 5.41) is 9.15. The molecule has 102 valence electrons. The van der Waals surface area contributed by atoms with Crippen LogP contribution in [0.4, 0.5) is 0 Å². The molecule has 2 aromatic rings. The molecule has 6 nitrogen and oxygen atoms in total. The number of carbonyl (C=O) groups is 1. The van der Waals surface area contributed by atoms with Gasteiger partial charge < -0.3 is 10.1 Å². The van der Waals surface area contributed by atoms with Gasteiger partial charge in [-0.25, -0.2) is 9.59 Å². The molecule has 2 rings (SSSR count). The van der Waals surface area contributed by atoms with Crippen molar-refractivity contribution in [2.75, 3.05) is 11.5 Å². The van der Waals surface area contributed by atoms with Crippen molar-refractivity contribution < 1.29 is 14.1 Å². The fourth-order valence-electron chi connectivity index (χ4n) is 1.94. The van der Waals surface area contributed by atoms with E-state index in [0.29, 0.717) is 22.5 Å². The highest BCUT2D eigenvalue weighted by Gasteiger charge is 2.15. The number of para-hydroxylation sites is 1. The van der Waals surface area contributed by atoms with Gasteiger partial charge in [0.15, 0.2) is 0 Å². The zero-order chi connectivity index (χ0) is 14.0. The van der Waals surface area contributed by atoms with Gasteiger partial charge in [0.2, 0.25) is 0 Å². The first kappa shape index (κ1) is 13.5. The Morgan fingerprint density at radius 1 is 1.47 bits per heavy atom. The van der Waals surface area contributed by atoms with E-state index in [2.05, 4.69) is 4.98 Å². The van der Waals surface area contributed by atoms with E-state index < -0.39 is 16.8 Å². The van der Waals surface area contributed by atoms with Crippen LogP contribution in [0, 0.1) is 0 Å². The summed E-state index contributed by atoms with van der Waals surface area (Å²) >= 11 is 0. The minimum absolute atomic E-state index is 0.0677. The number of nitrogens with zero attached hydrogens (tertiary/aromatic N) is 1. The Hall–Kier alpha value is -1.89. The molecule has 0 fully saturated rings. The maximum absolute atomic E-state index is 11.8. The van der Waals surface area contributed by atoms with Crippen molar-refractivity contribution in [1.29, 1.82) is 0 Å². The minimum Gasteiger partial charge on any atom is -0.478 e. The van der Waals surface area contributed by atoms with Gasteiger partial charge in [0.05, 0.1) is 16.6 Å². The number of hydrogen-bond donors (Lipinski definition) is 2. The van der Waals surface area contributed by atoms with E-state index in [-0.39, 0.29) is 17.8 Å². The Morgan fingerprint density at radius 2 is 2.21 bits per heavy atom. The number of nitrogens with one attached hydrogen (secondary N) is 1. The van der Waals surface area contributed by atoms with Gasteiger partial charge in [-0.15, -0.1) is 0 Å². The highest BCUT2D eigenvalue weighted by Crippen LogP contribution is 2.16. The molecule has 1 atom stereocenters. The monoisotopic (exact) mass is 282 g/mol. The minimum atomic E-state index is -1.09. The highest BCUT2D eigenvalue weighted by molar-refractivity contribution is 7.84. The smallest absolute Gasteiger partial charge is 0.337 e. The van der Waals surface area contributed by atoms with Gasteiger partial charge in [-0.1, -0.05) is 13.0 Å². The molecule has 0 aliphatic carbocycles. The van der Waals surface area contributed by atoms with E-state index in [4.69, 9.17) is 5.11 Å². The maximum atomic E-state index is 11.8. The van der Waals surface area contributed by atoms with Crippen LogP contribution in [0.3, 0.4) is 0 Å². The summed E-state index contributed by atoms with van der Waals surface area (Å²) in [5.41, 5.74) is 0.523. The molecule has 0 saturated carbocycles. The number of carboxylic acids is 1. The van der Waals surface area contributed by atoms with Crippen molar-refractivity contribution in [3.63, 3.8) is 0 Å². The average molecular weight is 282 g/mol. The van der Waals surface area contributed by atoms with Crippen LogP contribution in [0.25, 0.3) is 11.0 Å². The summed E-state index contributed by atoms with van der Waals surface area (Å²) in [7, 11) is -1.00. The Labute approximate surface area is 111 Å². The number of rotatable bonds is 5. The number of fused-ring (bicyclic) bond motifs is 1. The van der Waals surface area contributed by atoms with Crippen LogP contribution in [0.2, 0.25) is 0 Å². The van der Waals surface area contributed by atoms with Gasteiger partial charge in [-0.05, 0) is 12.1 Å². The van der Waals surface area contributed by atoms with Crippen molar-refractivity contribution >= 4 is 27.8 Å². The summed E-state index contributed by atoms with van der Waals surface area (Å²) in [6.07, 6.45) is 0. The first-order valence-corrected chi connectivity index (χ1v) is 7.33. The number of aromatic carboxylic acids is 1. The molecule has 2 N–H and O–H groups in total. The molecule has 1 aromatic heterocycles. The molecule has 7 heteroatoms. The van der Waals surface area contributed by atoms with Crippen molar-refractivity contribution in [3.05, 3.63) is 34.2 Å². The van der Waals surface area contributed by atoms with E-state index in [1.807, 2.05) is 0 Å². The number of aryl methyl sites for hydroxylation is 1. The fraction of sp³-hybridized carbons (Fsp3) is 0.333. The first-order valence-electron chi connectivity index (χ1n) is 5.84. The van der Waals surface area contributed by atoms with Crippen LogP contribution >= 0.6 is 0 Å². The Balaban J connectivity index is 2.53. The topological polar surface area (TPSA) is 92.2 Å². The molecule has 1 unspecified atom stereocenters. The van der Waals surface area contributed by atoms with Gasteiger partial charge in [0.25, 0.3) is 0 Å². The zero-order valence-corrected chi connectivity index (χ0v) is 11.2. The predicted octanol–water partition coefficient (Wildman–Crippen LogP) is 0.796. The molecule has 0 aliphatic heterocycles. The molecule has 0 spiro atoms. The van der Waals surface area contributed by atoms with Crippen LogP contribution in [0.1, 0.15) is 17.3 Å². The summed E-state index contributed by atoms with van der Waals surface area (Å²) in [6, 6.07) is 4.68. The normalized spacial score (nSPS) is 12.7. The van der Waals surface area contributed by atoms with E-state index >= 15 is 0 Å². The van der Waals surface area contributed by atoms with Crippen molar-refractivity contribution in [2.45, 2.75) is 13.5 Å².